The summed E-state index contributed by atoms with van der Waals surface area (Å²) in [5.74, 6) is -0.0252. The molecule has 0 atom stereocenters. The van der Waals surface area contributed by atoms with Gasteiger partial charge < -0.3 is 4.90 Å². The average molecular weight is 246 g/mol. The summed E-state index contributed by atoms with van der Waals surface area (Å²) in [5, 5.41) is 0. The van der Waals surface area contributed by atoms with Crippen LogP contribution in [0, 0.1) is 0 Å². The largest absolute Gasteiger partial charge is 0.415 e. The van der Waals surface area contributed by atoms with Gasteiger partial charge in [0.05, 0.1) is 12.8 Å². The zero-order valence-corrected chi connectivity index (χ0v) is 10.4. The van der Waals surface area contributed by atoms with E-state index in [1.165, 1.54) is 9.47 Å². The summed E-state index contributed by atoms with van der Waals surface area (Å²) in [6.07, 6.45) is 6.14. The highest BCUT2D eigenvalue weighted by Crippen LogP contribution is 1.94. The predicted octanol–water partition coefficient (Wildman–Crippen LogP) is -0.743. The van der Waals surface area contributed by atoms with Crippen molar-refractivity contribution in [1.82, 2.24) is 9.47 Å². The van der Waals surface area contributed by atoms with Gasteiger partial charge in [-0.15, -0.1) is 0 Å². The zero-order chi connectivity index (χ0) is 12.3. The molecule has 0 spiro atoms. The Morgan fingerprint density at radius 1 is 1.50 bits per heavy atom. The van der Waals surface area contributed by atoms with E-state index in [9.17, 15) is 13.2 Å². The minimum absolute atomic E-state index is 0.0252. The van der Waals surface area contributed by atoms with Crippen LogP contribution in [0.15, 0.2) is 18.7 Å². The summed E-state index contributed by atoms with van der Waals surface area (Å²) >= 11 is 0. The quantitative estimate of drug-likeness (QED) is 0.660. The molecule has 1 aromatic rings. The molecule has 1 rings (SSSR count). The van der Waals surface area contributed by atoms with Gasteiger partial charge in [0, 0.05) is 19.8 Å². The van der Waals surface area contributed by atoms with E-state index >= 15 is 0 Å². The number of hydrogen-bond donors (Lipinski definition) is 0. The molecule has 0 aliphatic heterocycles. The first kappa shape index (κ1) is 12.7. The topological polar surface area (TPSA) is 63.3 Å². The second kappa shape index (κ2) is 4.65. The molecule has 0 unspecified atom stereocenters. The number of aryl methyl sites for hydroxylation is 1. The molecule has 0 radical (unpaired) electrons. The third kappa shape index (κ3) is 3.65. The Kier molecular flexibility index (Phi) is 3.69. The molecule has 1 amide bonds. The van der Waals surface area contributed by atoms with Crippen molar-refractivity contribution < 1.29 is 17.8 Å². The van der Waals surface area contributed by atoms with E-state index in [1.54, 1.807) is 37.4 Å². The van der Waals surface area contributed by atoms with Gasteiger partial charge in [-0.1, -0.05) is 0 Å². The first-order chi connectivity index (χ1) is 7.29. The van der Waals surface area contributed by atoms with Crippen molar-refractivity contribution in [2.24, 2.45) is 7.05 Å². The van der Waals surface area contributed by atoms with Crippen molar-refractivity contribution in [3.63, 3.8) is 0 Å². The lowest BCUT2D eigenvalue weighted by atomic mass is 10.6. The maximum atomic E-state index is 11.8. The van der Waals surface area contributed by atoms with Crippen LogP contribution in [0.1, 0.15) is 0 Å². The number of nitrogens with zero attached hydrogens (tertiary/aromatic N) is 3. The molecule has 0 N–H and O–H groups in total. The minimum atomic E-state index is -3.04. The zero-order valence-electron chi connectivity index (χ0n) is 9.62. The maximum Gasteiger partial charge on any atom is 0.415 e. The van der Waals surface area contributed by atoms with Crippen LogP contribution in [0.5, 0.6) is 0 Å². The van der Waals surface area contributed by atoms with Gasteiger partial charge in [0.25, 0.3) is 6.33 Å². The van der Waals surface area contributed by atoms with Crippen LogP contribution in [0.4, 0.5) is 4.79 Å². The second-order valence-electron chi connectivity index (χ2n) is 3.82. The highest BCUT2D eigenvalue weighted by Gasteiger charge is 2.17. The molecule has 0 aliphatic carbocycles. The Morgan fingerprint density at radius 2 is 2.12 bits per heavy atom. The van der Waals surface area contributed by atoms with E-state index in [2.05, 4.69) is 0 Å². The number of carbonyl (C=O) groups is 1. The third-order valence-corrected chi connectivity index (χ3v) is 3.04. The fourth-order valence-corrected chi connectivity index (χ4v) is 1.76. The molecule has 0 bridgehead atoms. The summed E-state index contributed by atoms with van der Waals surface area (Å²) in [5.41, 5.74) is 0. The van der Waals surface area contributed by atoms with Crippen LogP contribution in [0.25, 0.3) is 0 Å². The summed E-state index contributed by atoms with van der Waals surface area (Å²) in [6, 6.07) is -0.246. The van der Waals surface area contributed by atoms with Crippen LogP contribution in [-0.4, -0.2) is 49.5 Å². The van der Waals surface area contributed by atoms with Crippen molar-refractivity contribution in [1.29, 1.82) is 0 Å². The third-order valence-electron chi connectivity index (χ3n) is 2.11. The monoisotopic (exact) mass is 246 g/mol. The first-order valence-corrected chi connectivity index (χ1v) is 6.82. The molecule has 0 aromatic carbocycles. The number of carbonyl (C=O) groups excluding carboxylic acids is 1. The van der Waals surface area contributed by atoms with Gasteiger partial charge in [-0.05, 0) is 0 Å². The van der Waals surface area contributed by atoms with Crippen molar-refractivity contribution in [2.75, 3.05) is 25.6 Å². The number of aromatic nitrogens is 2. The lowest BCUT2D eigenvalue weighted by Gasteiger charge is -2.12. The summed E-state index contributed by atoms with van der Waals surface area (Å²) in [6.45, 7) is 0.194. The van der Waals surface area contributed by atoms with Gasteiger partial charge in [-0.3, -0.25) is 0 Å². The van der Waals surface area contributed by atoms with Crippen molar-refractivity contribution in [2.45, 2.75) is 0 Å². The number of rotatable bonds is 3. The van der Waals surface area contributed by atoms with Crippen molar-refractivity contribution in [3.8, 4) is 0 Å². The second-order valence-corrected chi connectivity index (χ2v) is 6.08. The first-order valence-electron chi connectivity index (χ1n) is 4.76. The molecule has 90 valence electrons. The molecule has 1 aromatic heterocycles. The number of hydrogen-bond acceptors (Lipinski definition) is 3. The Bertz CT molecular complexity index is 478. The maximum absolute atomic E-state index is 11.8. The number of imidazole rings is 1. The normalized spacial score (nSPS) is 11.4. The summed E-state index contributed by atoms with van der Waals surface area (Å²) in [7, 11) is 0.345. The molecule has 7 heteroatoms. The SMILES string of the molecule is CN(CCS(C)(=O)=O)C(=O)n1cc[n+](C)c1. The highest BCUT2D eigenvalue weighted by molar-refractivity contribution is 7.90. The summed E-state index contributed by atoms with van der Waals surface area (Å²) in [4.78, 5) is 13.1. The van der Waals surface area contributed by atoms with Crippen LogP contribution in [-0.2, 0) is 16.9 Å². The molecular weight excluding hydrogens is 230 g/mol. The predicted molar refractivity (Wildman–Crippen MR) is 58.7 cm³/mol. The van der Waals surface area contributed by atoms with Gasteiger partial charge in [-0.2, -0.15) is 4.57 Å². The average Bonchev–Trinajstić information content (AvgIpc) is 2.59. The molecule has 16 heavy (non-hydrogen) atoms. The lowest BCUT2D eigenvalue weighted by molar-refractivity contribution is -0.670. The molecule has 0 saturated heterocycles. The lowest BCUT2D eigenvalue weighted by Crippen LogP contribution is -2.35. The van der Waals surface area contributed by atoms with E-state index in [4.69, 9.17) is 0 Å². The van der Waals surface area contributed by atoms with Crippen molar-refractivity contribution in [3.05, 3.63) is 18.7 Å². The molecule has 6 nitrogen and oxygen atoms in total. The fourth-order valence-electron chi connectivity index (χ4n) is 1.16. The van der Waals surface area contributed by atoms with Crippen LogP contribution in [0.3, 0.4) is 0 Å². The molecule has 0 saturated carbocycles. The van der Waals surface area contributed by atoms with Gasteiger partial charge in [0.2, 0.25) is 0 Å². The van der Waals surface area contributed by atoms with E-state index in [0.29, 0.717) is 0 Å². The Hall–Kier alpha value is -1.37. The Morgan fingerprint density at radius 3 is 2.56 bits per heavy atom. The van der Waals surface area contributed by atoms with E-state index in [0.717, 1.165) is 6.26 Å². The van der Waals surface area contributed by atoms with E-state index in [1.807, 2.05) is 0 Å². The van der Waals surface area contributed by atoms with E-state index < -0.39 is 9.84 Å². The molecular formula is C9H16N3O3S+. The Balaban J connectivity index is 2.61. The minimum Gasteiger partial charge on any atom is -0.306 e. The van der Waals surface area contributed by atoms with E-state index in [-0.39, 0.29) is 18.3 Å². The standard InChI is InChI=1S/C9H16N3O3S/c1-10-4-5-12(8-10)9(13)11(2)6-7-16(3,14)15/h4-5,8H,6-7H2,1-3H3/q+1. The molecule has 1 heterocycles. The van der Waals surface area contributed by atoms with Crippen LogP contribution in [0.2, 0.25) is 0 Å². The van der Waals surface area contributed by atoms with Gasteiger partial charge in [-0.25, -0.2) is 17.8 Å². The number of amides is 1. The molecule has 0 aliphatic rings. The van der Waals surface area contributed by atoms with Crippen LogP contribution >= 0.6 is 0 Å². The Labute approximate surface area is 95.0 Å². The fraction of sp³-hybridized carbons (Fsp3) is 0.556. The smallest absolute Gasteiger partial charge is 0.306 e. The highest BCUT2D eigenvalue weighted by atomic mass is 32.2. The number of sulfone groups is 1. The van der Waals surface area contributed by atoms with Crippen molar-refractivity contribution >= 4 is 15.9 Å². The van der Waals surface area contributed by atoms with Gasteiger partial charge in [0.1, 0.15) is 22.2 Å². The molecule has 0 fully saturated rings. The van der Waals surface area contributed by atoms with Crippen LogP contribution < -0.4 is 4.57 Å². The van der Waals surface area contributed by atoms with Gasteiger partial charge in [0.15, 0.2) is 0 Å². The van der Waals surface area contributed by atoms with Gasteiger partial charge >= 0.3 is 6.03 Å². The summed E-state index contributed by atoms with van der Waals surface area (Å²) < 4.78 is 25.0.